The maximum atomic E-state index is 12.0. The Morgan fingerprint density at radius 3 is 2.53 bits per heavy atom. The minimum absolute atomic E-state index is 0.109. The first-order valence-electron chi connectivity index (χ1n) is 7.55. The highest BCUT2D eigenvalue weighted by atomic mass is 16.6. The molecule has 3 fully saturated rings. The maximum absolute atomic E-state index is 12.0. The number of hydrogen-bond acceptors (Lipinski definition) is 4. The number of likely N-dealkylation sites (tertiary alicyclic amines) is 1. The monoisotopic (exact) mass is 268 g/mol. The molecule has 0 N–H and O–H groups in total. The van der Waals surface area contributed by atoms with E-state index in [4.69, 9.17) is 9.47 Å². The van der Waals surface area contributed by atoms with Gasteiger partial charge in [-0.2, -0.15) is 0 Å². The van der Waals surface area contributed by atoms with Crippen molar-refractivity contribution in [2.75, 3.05) is 52.5 Å². The average Bonchev–Trinajstić information content (AvgIpc) is 3.00. The largest absolute Gasteiger partial charge is 0.448 e. The molecule has 0 aromatic carbocycles. The molecule has 0 bridgehead atoms. The summed E-state index contributed by atoms with van der Waals surface area (Å²) >= 11 is 0. The van der Waals surface area contributed by atoms with Gasteiger partial charge in [0.15, 0.2) is 0 Å². The molecule has 5 heteroatoms. The Balaban J connectivity index is 1.35. The molecule has 108 valence electrons. The smallest absolute Gasteiger partial charge is 0.409 e. The fraction of sp³-hybridized carbons (Fsp3) is 0.929. The van der Waals surface area contributed by atoms with Gasteiger partial charge in [0.2, 0.25) is 0 Å². The van der Waals surface area contributed by atoms with Gasteiger partial charge < -0.3 is 14.4 Å². The van der Waals surface area contributed by atoms with Crippen molar-refractivity contribution in [1.82, 2.24) is 9.80 Å². The Morgan fingerprint density at radius 2 is 1.84 bits per heavy atom. The molecule has 2 aliphatic heterocycles. The number of nitrogens with zero attached hydrogens (tertiary/aromatic N) is 2. The molecular weight excluding hydrogens is 244 g/mol. The zero-order valence-electron chi connectivity index (χ0n) is 11.6. The molecular formula is C14H24N2O3. The van der Waals surface area contributed by atoms with Crippen LogP contribution in [-0.2, 0) is 9.47 Å². The van der Waals surface area contributed by atoms with E-state index in [2.05, 4.69) is 4.90 Å². The average molecular weight is 268 g/mol. The van der Waals surface area contributed by atoms with Gasteiger partial charge in [0.25, 0.3) is 0 Å². The summed E-state index contributed by atoms with van der Waals surface area (Å²) < 4.78 is 10.7. The van der Waals surface area contributed by atoms with Crippen molar-refractivity contribution in [3.05, 3.63) is 0 Å². The summed E-state index contributed by atoms with van der Waals surface area (Å²) in [6.07, 6.45) is 3.82. The van der Waals surface area contributed by atoms with Crippen LogP contribution in [0.1, 0.15) is 19.3 Å². The van der Waals surface area contributed by atoms with Crippen LogP contribution in [0.5, 0.6) is 0 Å². The van der Waals surface area contributed by atoms with Gasteiger partial charge in [-0.3, -0.25) is 4.90 Å². The zero-order chi connectivity index (χ0) is 13.1. The van der Waals surface area contributed by atoms with Gasteiger partial charge in [-0.1, -0.05) is 6.42 Å². The van der Waals surface area contributed by atoms with Crippen molar-refractivity contribution in [2.24, 2.45) is 11.8 Å². The molecule has 5 nitrogen and oxygen atoms in total. The van der Waals surface area contributed by atoms with Crippen LogP contribution in [0, 0.1) is 11.8 Å². The summed E-state index contributed by atoms with van der Waals surface area (Å²) in [5.74, 6) is 1.48. The zero-order valence-corrected chi connectivity index (χ0v) is 11.6. The number of ether oxygens (including phenoxy) is 2. The molecule has 19 heavy (non-hydrogen) atoms. The molecule has 1 aliphatic carbocycles. The summed E-state index contributed by atoms with van der Waals surface area (Å²) in [6.45, 7) is 6.66. The van der Waals surface area contributed by atoms with E-state index in [1.165, 1.54) is 19.3 Å². The van der Waals surface area contributed by atoms with Gasteiger partial charge in [0.05, 0.1) is 13.2 Å². The van der Waals surface area contributed by atoms with Crippen molar-refractivity contribution in [1.29, 1.82) is 0 Å². The molecule has 0 radical (unpaired) electrons. The Labute approximate surface area is 114 Å². The number of hydrogen-bond donors (Lipinski definition) is 0. The van der Waals surface area contributed by atoms with Gasteiger partial charge in [0.1, 0.15) is 6.61 Å². The summed E-state index contributed by atoms with van der Waals surface area (Å²) in [7, 11) is 0. The standard InChI is InChI=1S/C14H24N2O3/c17-14(16-10-12-2-1-3-13(12)11-16)19-9-6-15-4-7-18-8-5-15/h12-13H,1-11H2. The van der Waals surface area contributed by atoms with Gasteiger partial charge in [-0.25, -0.2) is 4.79 Å². The number of fused-ring (bicyclic) bond motifs is 1. The second-order valence-electron chi connectivity index (χ2n) is 5.92. The lowest BCUT2D eigenvalue weighted by Gasteiger charge is -2.26. The first kappa shape index (κ1) is 13.2. The van der Waals surface area contributed by atoms with Crippen LogP contribution in [-0.4, -0.2) is 68.4 Å². The molecule has 3 rings (SSSR count). The van der Waals surface area contributed by atoms with E-state index in [-0.39, 0.29) is 6.09 Å². The molecule has 3 aliphatic rings. The molecule has 1 saturated carbocycles. The number of carbonyl (C=O) groups excluding carboxylic acids is 1. The highest BCUT2D eigenvalue weighted by molar-refractivity contribution is 5.68. The number of rotatable bonds is 3. The predicted molar refractivity (Wildman–Crippen MR) is 71.0 cm³/mol. The summed E-state index contributed by atoms with van der Waals surface area (Å²) in [4.78, 5) is 16.2. The topological polar surface area (TPSA) is 42.0 Å². The van der Waals surface area contributed by atoms with E-state index in [1.54, 1.807) is 0 Å². The predicted octanol–water partition coefficient (Wildman–Crippen LogP) is 1.19. The Hall–Kier alpha value is -0.810. The SMILES string of the molecule is O=C(OCCN1CCOCC1)N1CC2CCCC2C1. The Morgan fingerprint density at radius 1 is 1.16 bits per heavy atom. The van der Waals surface area contributed by atoms with Crippen LogP contribution in [0.3, 0.4) is 0 Å². The van der Waals surface area contributed by atoms with E-state index >= 15 is 0 Å². The molecule has 0 spiro atoms. The Bertz CT molecular complexity index is 306. The second kappa shape index (κ2) is 6.09. The highest BCUT2D eigenvalue weighted by Crippen LogP contribution is 2.37. The lowest BCUT2D eigenvalue weighted by atomic mass is 10.0. The molecule has 0 aromatic rings. The molecule has 2 atom stereocenters. The van der Waals surface area contributed by atoms with Crippen LogP contribution in [0.15, 0.2) is 0 Å². The van der Waals surface area contributed by atoms with Crippen molar-refractivity contribution < 1.29 is 14.3 Å². The molecule has 0 aromatic heterocycles. The van der Waals surface area contributed by atoms with Crippen LogP contribution in [0.4, 0.5) is 4.79 Å². The van der Waals surface area contributed by atoms with Crippen molar-refractivity contribution in [3.63, 3.8) is 0 Å². The van der Waals surface area contributed by atoms with Gasteiger partial charge in [-0.05, 0) is 24.7 Å². The molecule has 2 unspecified atom stereocenters. The van der Waals surface area contributed by atoms with Crippen LogP contribution in [0.25, 0.3) is 0 Å². The fourth-order valence-corrected chi connectivity index (χ4v) is 3.56. The maximum Gasteiger partial charge on any atom is 0.409 e. The third-order valence-electron chi connectivity index (χ3n) is 4.72. The second-order valence-corrected chi connectivity index (χ2v) is 5.92. The van der Waals surface area contributed by atoms with Crippen molar-refractivity contribution in [3.8, 4) is 0 Å². The van der Waals surface area contributed by atoms with Gasteiger partial charge in [-0.15, -0.1) is 0 Å². The van der Waals surface area contributed by atoms with E-state index < -0.39 is 0 Å². The molecule has 1 amide bonds. The highest BCUT2D eigenvalue weighted by Gasteiger charge is 2.38. The molecule has 2 heterocycles. The summed E-state index contributed by atoms with van der Waals surface area (Å²) in [5.41, 5.74) is 0. The molecule has 2 saturated heterocycles. The lowest BCUT2D eigenvalue weighted by molar-refractivity contribution is 0.0252. The summed E-state index contributed by atoms with van der Waals surface area (Å²) in [5, 5.41) is 0. The number of amides is 1. The van der Waals surface area contributed by atoms with E-state index in [1.807, 2.05) is 4.90 Å². The van der Waals surface area contributed by atoms with Gasteiger partial charge in [0, 0.05) is 32.7 Å². The third-order valence-corrected chi connectivity index (χ3v) is 4.72. The number of carbonyl (C=O) groups is 1. The first-order chi connectivity index (χ1) is 9.33. The minimum Gasteiger partial charge on any atom is -0.448 e. The quantitative estimate of drug-likeness (QED) is 0.771. The lowest BCUT2D eigenvalue weighted by Crippen LogP contribution is -2.39. The minimum atomic E-state index is -0.109. The first-order valence-corrected chi connectivity index (χ1v) is 7.55. The summed E-state index contributed by atoms with van der Waals surface area (Å²) in [6, 6.07) is 0. The van der Waals surface area contributed by atoms with E-state index in [0.29, 0.717) is 6.61 Å². The van der Waals surface area contributed by atoms with Crippen molar-refractivity contribution >= 4 is 6.09 Å². The van der Waals surface area contributed by atoms with Crippen LogP contribution < -0.4 is 0 Å². The van der Waals surface area contributed by atoms with Crippen LogP contribution >= 0.6 is 0 Å². The van der Waals surface area contributed by atoms with E-state index in [9.17, 15) is 4.79 Å². The Kier molecular flexibility index (Phi) is 4.23. The van der Waals surface area contributed by atoms with Gasteiger partial charge >= 0.3 is 6.09 Å². The number of morpholine rings is 1. The third kappa shape index (κ3) is 3.20. The normalized spacial score (nSPS) is 31.5. The van der Waals surface area contributed by atoms with Crippen LogP contribution in [0.2, 0.25) is 0 Å². The van der Waals surface area contributed by atoms with E-state index in [0.717, 1.165) is 57.8 Å². The van der Waals surface area contributed by atoms with Crippen molar-refractivity contribution in [2.45, 2.75) is 19.3 Å². The fourth-order valence-electron chi connectivity index (χ4n) is 3.56.